The lowest BCUT2D eigenvalue weighted by Crippen LogP contribution is -2.44. The van der Waals surface area contributed by atoms with Gasteiger partial charge in [-0.2, -0.15) is 5.26 Å². The van der Waals surface area contributed by atoms with Crippen LogP contribution in [0, 0.1) is 17.2 Å². The number of ether oxygens (including phenoxy) is 1. The monoisotopic (exact) mass is 287 g/mol. The molecule has 2 rings (SSSR count). The predicted octanol–water partition coefficient (Wildman–Crippen LogP) is 2.00. The van der Waals surface area contributed by atoms with Gasteiger partial charge in [0.15, 0.2) is 6.61 Å². The highest BCUT2D eigenvalue weighted by Gasteiger charge is 2.29. The first-order chi connectivity index (χ1) is 10.2. The molecule has 1 fully saturated rings. The topological polar surface area (TPSA) is 82.4 Å². The number of amides is 2. The van der Waals surface area contributed by atoms with Gasteiger partial charge in [-0.25, -0.2) is 4.79 Å². The smallest absolute Gasteiger partial charge is 0.321 e. The maximum Gasteiger partial charge on any atom is 0.321 e. The normalized spacial score (nSPS) is 17.7. The van der Waals surface area contributed by atoms with Crippen molar-refractivity contribution >= 4 is 17.7 Å². The first-order valence-electron chi connectivity index (χ1n) is 6.85. The molecule has 0 radical (unpaired) electrons. The number of benzene rings is 1. The highest BCUT2D eigenvalue weighted by molar-refractivity contribution is 5.89. The van der Waals surface area contributed by atoms with Gasteiger partial charge in [0.2, 0.25) is 0 Å². The lowest BCUT2D eigenvalue weighted by Gasteiger charge is -2.31. The van der Waals surface area contributed by atoms with Crippen LogP contribution in [-0.2, 0) is 9.53 Å². The second-order valence-corrected chi connectivity index (χ2v) is 4.85. The Balaban J connectivity index is 1.90. The van der Waals surface area contributed by atoms with E-state index in [-0.39, 0.29) is 18.6 Å². The van der Waals surface area contributed by atoms with Crippen LogP contribution >= 0.6 is 0 Å². The Labute approximate surface area is 123 Å². The van der Waals surface area contributed by atoms with Crippen molar-refractivity contribution in [2.45, 2.75) is 12.8 Å². The summed E-state index contributed by atoms with van der Waals surface area (Å²) >= 11 is 0. The summed E-state index contributed by atoms with van der Waals surface area (Å²) in [5.41, 5.74) is 0.719. The zero-order valence-electron chi connectivity index (χ0n) is 11.6. The maximum atomic E-state index is 12.2. The SMILES string of the molecule is N#CCOC(=O)C1CCCN(C(=O)Nc2ccccc2)C1. The molecule has 0 aliphatic carbocycles. The van der Waals surface area contributed by atoms with Crippen molar-refractivity contribution in [3.63, 3.8) is 0 Å². The maximum absolute atomic E-state index is 12.2. The average Bonchev–Trinajstić information content (AvgIpc) is 2.53. The molecule has 6 heteroatoms. The molecule has 1 aliphatic rings. The molecule has 1 heterocycles. The van der Waals surface area contributed by atoms with Crippen molar-refractivity contribution in [1.82, 2.24) is 4.90 Å². The summed E-state index contributed by atoms with van der Waals surface area (Å²) in [6, 6.07) is 10.7. The molecule has 2 amide bonds. The van der Waals surface area contributed by atoms with E-state index in [1.807, 2.05) is 18.2 Å². The molecule has 21 heavy (non-hydrogen) atoms. The van der Waals surface area contributed by atoms with E-state index in [2.05, 4.69) is 5.32 Å². The second-order valence-electron chi connectivity index (χ2n) is 4.85. The number of nitriles is 1. The number of hydrogen-bond donors (Lipinski definition) is 1. The molecular formula is C15H17N3O3. The summed E-state index contributed by atoms with van der Waals surface area (Å²) in [6.45, 7) is 0.690. The van der Waals surface area contributed by atoms with E-state index in [1.165, 1.54) is 0 Å². The minimum absolute atomic E-state index is 0.223. The van der Waals surface area contributed by atoms with E-state index >= 15 is 0 Å². The lowest BCUT2D eigenvalue weighted by atomic mass is 9.98. The van der Waals surface area contributed by atoms with Crippen LogP contribution in [0.3, 0.4) is 0 Å². The highest BCUT2D eigenvalue weighted by atomic mass is 16.5. The molecule has 0 spiro atoms. The minimum Gasteiger partial charge on any atom is -0.450 e. The van der Waals surface area contributed by atoms with Gasteiger partial charge in [-0.3, -0.25) is 4.79 Å². The number of anilines is 1. The van der Waals surface area contributed by atoms with Gasteiger partial charge in [-0.15, -0.1) is 0 Å². The number of para-hydroxylation sites is 1. The molecule has 0 saturated carbocycles. The number of nitrogens with one attached hydrogen (secondary N) is 1. The van der Waals surface area contributed by atoms with E-state index < -0.39 is 5.97 Å². The van der Waals surface area contributed by atoms with Crippen LogP contribution in [0.2, 0.25) is 0 Å². The third kappa shape index (κ3) is 4.21. The van der Waals surface area contributed by atoms with Crippen LogP contribution < -0.4 is 5.32 Å². The van der Waals surface area contributed by atoms with Crippen molar-refractivity contribution in [2.75, 3.05) is 25.0 Å². The molecule has 1 aromatic carbocycles. The summed E-state index contributed by atoms with van der Waals surface area (Å²) in [4.78, 5) is 25.5. The molecule has 110 valence electrons. The van der Waals surface area contributed by atoms with Crippen molar-refractivity contribution in [2.24, 2.45) is 5.92 Å². The van der Waals surface area contributed by atoms with Crippen LogP contribution in [0.15, 0.2) is 30.3 Å². The summed E-state index contributed by atoms with van der Waals surface area (Å²) in [6.07, 6.45) is 1.42. The molecule has 1 atom stereocenters. The first kappa shape index (κ1) is 14.9. The van der Waals surface area contributed by atoms with Crippen LogP contribution in [0.4, 0.5) is 10.5 Å². The molecule has 1 N–H and O–H groups in total. The van der Waals surface area contributed by atoms with Gasteiger partial charge in [0.1, 0.15) is 6.07 Å². The predicted molar refractivity (Wildman–Crippen MR) is 76.3 cm³/mol. The quantitative estimate of drug-likeness (QED) is 0.862. The van der Waals surface area contributed by atoms with Gasteiger partial charge in [0.05, 0.1) is 5.92 Å². The van der Waals surface area contributed by atoms with Gasteiger partial charge in [-0.05, 0) is 25.0 Å². The Hall–Kier alpha value is -2.55. The zero-order chi connectivity index (χ0) is 15.1. The molecular weight excluding hydrogens is 270 g/mol. The number of rotatable bonds is 3. The van der Waals surface area contributed by atoms with E-state index in [9.17, 15) is 9.59 Å². The Morgan fingerprint density at radius 1 is 1.38 bits per heavy atom. The highest BCUT2D eigenvalue weighted by Crippen LogP contribution is 2.19. The number of likely N-dealkylation sites (tertiary alicyclic amines) is 1. The standard InChI is InChI=1S/C15H17N3O3/c16-8-10-21-14(19)12-5-4-9-18(11-12)15(20)17-13-6-2-1-3-7-13/h1-3,6-7,12H,4-5,9-11H2,(H,17,20). The number of piperidine rings is 1. The fourth-order valence-electron chi connectivity index (χ4n) is 2.30. The molecule has 0 aromatic heterocycles. The van der Waals surface area contributed by atoms with Crippen LogP contribution in [-0.4, -0.2) is 36.6 Å². The molecule has 1 unspecified atom stereocenters. The van der Waals surface area contributed by atoms with E-state index in [0.717, 1.165) is 12.1 Å². The van der Waals surface area contributed by atoms with Gasteiger partial charge >= 0.3 is 12.0 Å². The minimum atomic E-state index is -0.409. The van der Waals surface area contributed by atoms with Crippen molar-refractivity contribution < 1.29 is 14.3 Å². The van der Waals surface area contributed by atoms with Gasteiger partial charge in [0.25, 0.3) is 0 Å². The molecule has 1 saturated heterocycles. The van der Waals surface area contributed by atoms with Gasteiger partial charge in [-0.1, -0.05) is 18.2 Å². The fourth-order valence-corrected chi connectivity index (χ4v) is 2.30. The number of carbonyl (C=O) groups is 2. The number of esters is 1. The average molecular weight is 287 g/mol. The van der Waals surface area contributed by atoms with Crippen LogP contribution in [0.5, 0.6) is 0 Å². The number of hydrogen-bond acceptors (Lipinski definition) is 4. The molecule has 1 aromatic rings. The Morgan fingerprint density at radius 2 is 2.14 bits per heavy atom. The summed E-state index contributed by atoms with van der Waals surface area (Å²) < 4.78 is 4.82. The fraction of sp³-hybridized carbons (Fsp3) is 0.400. The third-order valence-electron chi connectivity index (χ3n) is 3.35. The molecule has 0 bridgehead atoms. The van der Waals surface area contributed by atoms with Crippen molar-refractivity contribution in [3.05, 3.63) is 30.3 Å². The van der Waals surface area contributed by atoms with E-state index in [4.69, 9.17) is 10.00 Å². The van der Waals surface area contributed by atoms with Crippen LogP contribution in [0.25, 0.3) is 0 Å². The Morgan fingerprint density at radius 3 is 2.86 bits per heavy atom. The van der Waals surface area contributed by atoms with E-state index in [0.29, 0.717) is 19.5 Å². The Bertz CT molecular complexity index is 539. The van der Waals surface area contributed by atoms with Gasteiger partial charge < -0.3 is 15.0 Å². The second kappa shape index (κ2) is 7.29. The first-order valence-corrected chi connectivity index (χ1v) is 6.85. The molecule has 1 aliphatic heterocycles. The zero-order valence-corrected chi connectivity index (χ0v) is 11.6. The number of nitrogens with zero attached hydrogens (tertiary/aromatic N) is 2. The largest absolute Gasteiger partial charge is 0.450 e. The van der Waals surface area contributed by atoms with E-state index in [1.54, 1.807) is 23.1 Å². The number of urea groups is 1. The lowest BCUT2D eigenvalue weighted by molar-refractivity contribution is -0.148. The van der Waals surface area contributed by atoms with Gasteiger partial charge in [0, 0.05) is 18.8 Å². The number of carbonyl (C=O) groups excluding carboxylic acids is 2. The van der Waals surface area contributed by atoms with Crippen molar-refractivity contribution in [3.8, 4) is 6.07 Å². The summed E-state index contributed by atoms with van der Waals surface area (Å²) in [5, 5.41) is 11.2. The Kier molecular flexibility index (Phi) is 5.16. The summed E-state index contributed by atoms with van der Waals surface area (Å²) in [5.74, 6) is -0.762. The van der Waals surface area contributed by atoms with Crippen molar-refractivity contribution in [1.29, 1.82) is 5.26 Å². The third-order valence-corrected chi connectivity index (χ3v) is 3.35. The summed E-state index contributed by atoms with van der Waals surface area (Å²) in [7, 11) is 0. The van der Waals surface area contributed by atoms with Crippen LogP contribution in [0.1, 0.15) is 12.8 Å². The molecule has 6 nitrogen and oxygen atoms in total.